The highest BCUT2D eigenvalue weighted by Crippen LogP contribution is 2.30. The smallest absolute Gasteiger partial charge is 0.274 e. The molecule has 2 aromatic rings. The predicted molar refractivity (Wildman–Crippen MR) is 86.2 cm³/mol. The van der Waals surface area contributed by atoms with Gasteiger partial charge < -0.3 is 11.1 Å². The van der Waals surface area contributed by atoms with Crippen molar-refractivity contribution in [3.8, 4) is 0 Å². The van der Waals surface area contributed by atoms with Crippen molar-refractivity contribution in [3.63, 3.8) is 0 Å². The topological polar surface area (TPSA) is 90.0 Å². The Balaban J connectivity index is 2.39. The Bertz CT molecular complexity index is 811. The molecule has 0 atom stereocenters. The molecule has 6 nitrogen and oxygen atoms in total. The summed E-state index contributed by atoms with van der Waals surface area (Å²) in [6.45, 7) is -0.827. The molecular weight excluding hydrogens is 389 g/mol. The van der Waals surface area contributed by atoms with Crippen molar-refractivity contribution in [1.82, 2.24) is 9.78 Å². The van der Waals surface area contributed by atoms with Gasteiger partial charge >= 0.3 is 0 Å². The van der Waals surface area contributed by atoms with Crippen molar-refractivity contribution in [2.75, 3.05) is 5.32 Å². The number of halogens is 5. The number of benzene rings is 1. The molecule has 0 radical (unpaired) electrons. The largest absolute Gasteiger partial charge is 0.366 e. The highest BCUT2D eigenvalue weighted by atomic mass is 35.5. The van der Waals surface area contributed by atoms with E-state index in [1.54, 1.807) is 0 Å². The molecule has 0 saturated carbocycles. The minimum absolute atomic E-state index is 0.0457. The lowest BCUT2D eigenvalue weighted by molar-refractivity contribution is 0.0988. The van der Waals surface area contributed by atoms with Crippen LogP contribution in [0.3, 0.4) is 0 Å². The van der Waals surface area contributed by atoms with Crippen molar-refractivity contribution in [3.05, 3.63) is 44.7 Å². The van der Waals surface area contributed by atoms with Gasteiger partial charge in [0, 0.05) is 11.1 Å². The lowest BCUT2D eigenvalue weighted by Gasteiger charge is -2.12. The van der Waals surface area contributed by atoms with Gasteiger partial charge in [0.1, 0.15) is 12.2 Å². The van der Waals surface area contributed by atoms with Gasteiger partial charge in [-0.3, -0.25) is 14.3 Å². The average molecular weight is 398 g/mol. The number of primary amides is 1. The summed E-state index contributed by atoms with van der Waals surface area (Å²) in [5.41, 5.74) is 4.76. The number of nitrogens with two attached hydrogens (primary N) is 1. The third-order valence-electron chi connectivity index (χ3n) is 2.85. The third kappa shape index (κ3) is 4.14. The van der Waals surface area contributed by atoms with Gasteiger partial charge in [-0.15, -0.1) is 0 Å². The van der Waals surface area contributed by atoms with Crippen LogP contribution in [-0.2, 0) is 6.54 Å². The molecule has 0 saturated heterocycles. The van der Waals surface area contributed by atoms with Crippen molar-refractivity contribution in [2.45, 2.75) is 13.0 Å². The number of hydrogen-bond acceptors (Lipinski definition) is 3. The molecule has 0 spiro atoms. The first-order chi connectivity index (χ1) is 11.2. The van der Waals surface area contributed by atoms with Crippen LogP contribution in [0.4, 0.5) is 14.5 Å². The van der Waals surface area contributed by atoms with Crippen LogP contribution < -0.4 is 11.1 Å². The Labute approximate surface area is 149 Å². The van der Waals surface area contributed by atoms with Crippen LogP contribution in [0, 0.1) is 0 Å². The lowest BCUT2D eigenvalue weighted by Crippen LogP contribution is -2.22. The molecule has 128 valence electrons. The third-order valence-corrected chi connectivity index (χ3v) is 3.55. The second-order valence-corrected chi connectivity index (χ2v) is 5.78. The molecule has 0 bridgehead atoms. The first kappa shape index (κ1) is 18.4. The summed E-state index contributed by atoms with van der Waals surface area (Å²) in [6, 6.07) is 3.61. The first-order valence-corrected chi connectivity index (χ1v) is 7.44. The number of carbonyl (C=O) groups is 2. The standard InChI is InChI=1S/C13H9Cl3F2N4O2/c14-5-1-6(12(19)23)11(7(15)2-5)20-13(24)8-3-9(16)21-22(8)4-10(17)18/h1-3,10H,4H2,(H2,19,23)(H,20,24). The molecule has 0 aliphatic carbocycles. The summed E-state index contributed by atoms with van der Waals surface area (Å²) in [5.74, 6) is -1.73. The maximum Gasteiger partial charge on any atom is 0.274 e. The number of amides is 2. The van der Waals surface area contributed by atoms with E-state index < -0.39 is 24.8 Å². The van der Waals surface area contributed by atoms with Crippen molar-refractivity contribution < 1.29 is 18.4 Å². The van der Waals surface area contributed by atoms with Gasteiger partial charge in [0.25, 0.3) is 18.2 Å². The van der Waals surface area contributed by atoms with E-state index in [9.17, 15) is 18.4 Å². The zero-order valence-electron chi connectivity index (χ0n) is 11.7. The number of nitrogens with one attached hydrogen (secondary N) is 1. The number of nitrogens with zero attached hydrogens (tertiary/aromatic N) is 2. The average Bonchev–Trinajstić information content (AvgIpc) is 2.81. The summed E-state index contributed by atoms with van der Waals surface area (Å²) < 4.78 is 25.8. The maximum atomic E-state index is 12.5. The minimum Gasteiger partial charge on any atom is -0.366 e. The van der Waals surface area contributed by atoms with Gasteiger partial charge in [-0.25, -0.2) is 8.78 Å². The Morgan fingerprint density at radius 2 is 1.92 bits per heavy atom. The summed E-state index contributed by atoms with van der Waals surface area (Å²) >= 11 is 17.4. The number of hydrogen-bond donors (Lipinski definition) is 2. The van der Waals surface area contributed by atoms with E-state index in [2.05, 4.69) is 10.4 Å². The summed E-state index contributed by atoms with van der Waals surface area (Å²) in [6.07, 6.45) is -2.74. The van der Waals surface area contributed by atoms with Gasteiger partial charge in [-0.1, -0.05) is 34.8 Å². The molecule has 0 aliphatic heterocycles. The van der Waals surface area contributed by atoms with E-state index in [1.165, 1.54) is 12.1 Å². The van der Waals surface area contributed by atoms with Gasteiger partial charge in [-0.05, 0) is 12.1 Å². The number of aromatic nitrogens is 2. The number of alkyl halides is 2. The zero-order chi connectivity index (χ0) is 18.0. The molecule has 24 heavy (non-hydrogen) atoms. The second kappa shape index (κ2) is 7.33. The highest BCUT2D eigenvalue weighted by Gasteiger charge is 2.21. The predicted octanol–water partition coefficient (Wildman–Crippen LogP) is 3.46. The molecule has 3 N–H and O–H groups in total. The van der Waals surface area contributed by atoms with E-state index in [0.717, 1.165) is 10.7 Å². The Morgan fingerprint density at radius 3 is 2.50 bits per heavy atom. The van der Waals surface area contributed by atoms with Crippen LogP contribution in [0.15, 0.2) is 18.2 Å². The molecule has 0 unspecified atom stereocenters. The Hall–Kier alpha value is -1.90. The van der Waals surface area contributed by atoms with Crippen molar-refractivity contribution in [2.24, 2.45) is 5.73 Å². The fourth-order valence-corrected chi connectivity index (χ4v) is 2.65. The van der Waals surface area contributed by atoms with E-state index >= 15 is 0 Å². The molecule has 2 rings (SSSR count). The normalized spacial score (nSPS) is 10.9. The fourth-order valence-electron chi connectivity index (χ4n) is 1.91. The van der Waals surface area contributed by atoms with Gasteiger partial charge in [0.05, 0.1) is 16.3 Å². The minimum atomic E-state index is -2.74. The zero-order valence-corrected chi connectivity index (χ0v) is 14.0. The van der Waals surface area contributed by atoms with E-state index in [1.807, 2.05) is 0 Å². The first-order valence-electron chi connectivity index (χ1n) is 6.30. The maximum absolute atomic E-state index is 12.5. The molecule has 1 aromatic carbocycles. The number of carbonyl (C=O) groups excluding carboxylic acids is 2. The van der Waals surface area contributed by atoms with Crippen molar-refractivity contribution in [1.29, 1.82) is 0 Å². The molecule has 2 amide bonds. The highest BCUT2D eigenvalue weighted by molar-refractivity contribution is 6.38. The second-order valence-electron chi connectivity index (χ2n) is 4.55. The molecule has 1 heterocycles. The van der Waals surface area contributed by atoms with Crippen LogP contribution >= 0.6 is 34.8 Å². The summed E-state index contributed by atoms with van der Waals surface area (Å²) in [7, 11) is 0. The van der Waals surface area contributed by atoms with Gasteiger partial charge in [0.15, 0.2) is 5.15 Å². The number of rotatable bonds is 5. The summed E-state index contributed by atoms with van der Waals surface area (Å²) in [4.78, 5) is 23.8. The van der Waals surface area contributed by atoms with Crippen LogP contribution in [0.5, 0.6) is 0 Å². The van der Waals surface area contributed by atoms with Crippen LogP contribution in [0.2, 0.25) is 15.2 Å². The van der Waals surface area contributed by atoms with Crippen molar-refractivity contribution >= 4 is 52.3 Å². The van der Waals surface area contributed by atoms with E-state index in [-0.39, 0.29) is 32.1 Å². The molecule has 0 aliphatic rings. The molecule has 1 aromatic heterocycles. The van der Waals surface area contributed by atoms with Gasteiger partial charge in [-0.2, -0.15) is 5.10 Å². The molecule has 0 fully saturated rings. The Morgan fingerprint density at radius 1 is 1.25 bits per heavy atom. The van der Waals surface area contributed by atoms with Crippen LogP contribution in [-0.4, -0.2) is 28.0 Å². The molecular formula is C13H9Cl3F2N4O2. The van der Waals surface area contributed by atoms with Crippen LogP contribution in [0.1, 0.15) is 20.8 Å². The van der Waals surface area contributed by atoms with E-state index in [0.29, 0.717) is 0 Å². The SMILES string of the molecule is NC(=O)c1cc(Cl)cc(Cl)c1NC(=O)c1cc(Cl)nn1CC(F)F. The van der Waals surface area contributed by atoms with Crippen LogP contribution in [0.25, 0.3) is 0 Å². The monoisotopic (exact) mass is 396 g/mol. The quantitative estimate of drug-likeness (QED) is 0.809. The lowest BCUT2D eigenvalue weighted by atomic mass is 10.1. The van der Waals surface area contributed by atoms with Gasteiger partial charge in [0.2, 0.25) is 0 Å². The fraction of sp³-hybridized carbons (Fsp3) is 0.154. The Kier molecular flexibility index (Phi) is 5.63. The summed E-state index contributed by atoms with van der Waals surface area (Å²) in [5, 5.41) is 5.89. The number of anilines is 1. The van der Waals surface area contributed by atoms with E-state index in [4.69, 9.17) is 40.5 Å². The molecule has 11 heteroatoms.